The Kier molecular flexibility index (Phi) is 5.95. The highest BCUT2D eigenvalue weighted by atomic mass is 19.1. The summed E-state index contributed by atoms with van der Waals surface area (Å²) in [6.45, 7) is 6.54. The summed E-state index contributed by atoms with van der Waals surface area (Å²) >= 11 is 0. The van der Waals surface area contributed by atoms with Crippen molar-refractivity contribution in [2.75, 3.05) is 13.2 Å². The molecule has 0 amide bonds. The highest BCUT2D eigenvalue weighted by Crippen LogP contribution is 2.42. The lowest BCUT2D eigenvalue weighted by atomic mass is 9.71. The summed E-state index contributed by atoms with van der Waals surface area (Å²) in [5, 5.41) is 9.61. The summed E-state index contributed by atoms with van der Waals surface area (Å²) in [4.78, 5) is 12.3. The Labute approximate surface area is 142 Å². The molecule has 1 heterocycles. The Bertz CT molecular complexity index is 606. The van der Waals surface area contributed by atoms with Crippen LogP contribution < -0.4 is 0 Å². The second-order valence-electron chi connectivity index (χ2n) is 6.80. The van der Waals surface area contributed by atoms with Gasteiger partial charge in [-0.05, 0) is 57.2 Å². The highest BCUT2D eigenvalue weighted by molar-refractivity contribution is 5.76. The van der Waals surface area contributed by atoms with Gasteiger partial charge in [-0.1, -0.05) is 12.1 Å². The van der Waals surface area contributed by atoms with Crippen molar-refractivity contribution in [3.05, 3.63) is 35.6 Å². The fourth-order valence-electron chi connectivity index (χ4n) is 3.52. The third-order valence-corrected chi connectivity index (χ3v) is 4.54. The Hall–Kier alpha value is -1.93. The van der Waals surface area contributed by atoms with Crippen molar-refractivity contribution >= 4 is 5.97 Å². The maximum absolute atomic E-state index is 13.3. The topological polar surface area (TPSA) is 59.3 Å². The van der Waals surface area contributed by atoms with Gasteiger partial charge in [-0.15, -0.1) is 0 Å². The minimum absolute atomic E-state index is 0.0910. The summed E-state index contributed by atoms with van der Waals surface area (Å²) in [6.07, 6.45) is 1.48. The molecule has 0 saturated carbocycles. The van der Waals surface area contributed by atoms with Crippen LogP contribution in [0.4, 0.5) is 4.39 Å². The van der Waals surface area contributed by atoms with Crippen LogP contribution in [0.3, 0.4) is 0 Å². The predicted molar refractivity (Wildman–Crippen MR) is 87.6 cm³/mol. The van der Waals surface area contributed by atoms with Crippen molar-refractivity contribution in [2.45, 2.75) is 45.1 Å². The molecule has 0 aliphatic carbocycles. The highest BCUT2D eigenvalue weighted by Gasteiger charge is 2.41. The van der Waals surface area contributed by atoms with Gasteiger partial charge >= 0.3 is 5.97 Å². The molecule has 0 aromatic heterocycles. The Morgan fingerprint density at radius 1 is 1.46 bits per heavy atom. The number of nitrogens with zero attached hydrogens (tertiary/aromatic N) is 1. The third kappa shape index (κ3) is 4.33. The van der Waals surface area contributed by atoms with E-state index in [1.165, 1.54) is 12.1 Å². The molecule has 0 N–H and O–H groups in total. The van der Waals surface area contributed by atoms with E-state index in [0.29, 0.717) is 6.61 Å². The van der Waals surface area contributed by atoms with E-state index in [2.05, 4.69) is 6.07 Å². The molecule has 0 bridgehead atoms. The van der Waals surface area contributed by atoms with Gasteiger partial charge in [0.25, 0.3) is 0 Å². The molecule has 1 saturated heterocycles. The van der Waals surface area contributed by atoms with Gasteiger partial charge in [0.05, 0.1) is 18.3 Å². The Balaban J connectivity index is 2.38. The maximum Gasteiger partial charge on any atom is 0.323 e. The molecule has 1 fully saturated rings. The van der Waals surface area contributed by atoms with E-state index in [1.54, 1.807) is 19.1 Å². The fraction of sp³-hybridized carbons (Fsp3) is 0.579. The van der Waals surface area contributed by atoms with Crippen LogP contribution in [0.15, 0.2) is 24.3 Å². The lowest BCUT2D eigenvalue weighted by molar-refractivity contribution is -0.148. The van der Waals surface area contributed by atoms with Crippen LogP contribution in [-0.4, -0.2) is 24.8 Å². The van der Waals surface area contributed by atoms with Gasteiger partial charge in [0.2, 0.25) is 0 Å². The number of nitriles is 1. The first kappa shape index (κ1) is 18.4. The molecule has 1 aliphatic rings. The number of benzene rings is 1. The molecule has 1 aliphatic heterocycles. The van der Waals surface area contributed by atoms with E-state index >= 15 is 0 Å². The largest absolute Gasteiger partial charge is 0.465 e. The van der Waals surface area contributed by atoms with Gasteiger partial charge in [-0.25, -0.2) is 4.39 Å². The average molecular weight is 333 g/mol. The van der Waals surface area contributed by atoms with Crippen LogP contribution in [0.25, 0.3) is 0 Å². The number of carbonyl (C=O) groups is 1. The van der Waals surface area contributed by atoms with E-state index in [4.69, 9.17) is 9.47 Å². The van der Waals surface area contributed by atoms with E-state index < -0.39 is 11.9 Å². The predicted octanol–water partition coefficient (Wildman–Crippen LogP) is 3.82. The van der Waals surface area contributed by atoms with E-state index in [1.807, 2.05) is 13.8 Å². The van der Waals surface area contributed by atoms with Crippen molar-refractivity contribution < 1.29 is 18.7 Å². The first-order valence-electron chi connectivity index (χ1n) is 8.33. The van der Waals surface area contributed by atoms with Gasteiger partial charge < -0.3 is 9.47 Å². The lowest BCUT2D eigenvalue weighted by Gasteiger charge is -2.40. The quantitative estimate of drug-likeness (QED) is 0.769. The maximum atomic E-state index is 13.3. The standard InChI is InChI=1S/C19H24FNO3/c1-4-23-18(22)16(12-21)17(13-5-7-15(20)8-6-13)14-9-10-24-19(2,3)11-14/h5-8,14,16-17H,4,9-11H2,1-3H3/t14-,16+,17-/m0/s1. The molecule has 3 atom stereocenters. The summed E-state index contributed by atoms with van der Waals surface area (Å²) in [7, 11) is 0. The van der Waals surface area contributed by atoms with E-state index in [0.717, 1.165) is 18.4 Å². The SMILES string of the molecule is CCOC(=O)[C@H](C#N)[C@@H](c1ccc(F)cc1)[C@H]1CCOC(C)(C)C1. The number of carbonyl (C=O) groups excluding carboxylic acids is 1. The monoisotopic (exact) mass is 333 g/mol. The van der Waals surface area contributed by atoms with Crippen molar-refractivity contribution in [3.8, 4) is 6.07 Å². The summed E-state index contributed by atoms with van der Waals surface area (Å²) in [5.74, 6) is -2.01. The number of hydrogen-bond acceptors (Lipinski definition) is 4. The number of esters is 1. The number of hydrogen-bond donors (Lipinski definition) is 0. The van der Waals surface area contributed by atoms with Crippen molar-refractivity contribution in [1.82, 2.24) is 0 Å². The van der Waals surface area contributed by atoms with Gasteiger partial charge in [-0.2, -0.15) is 5.26 Å². The van der Waals surface area contributed by atoms with Crippen molar-refractivity contribution in [1.29, 1.82) is 5.26 Å². The molecule has 2 rings (SSSR count). The van der Waals surface area contributed by atoms with Crippen molar-refractivity contribution in [2.24, 2.45) is 11.8 Å². The molecule has 0 radical (unpaired) electrons. The Morgan fingerprint density at radius 3 is 2.67 bits per heavy atom. The molecule has 4 nitrogen and oxygen atoms in total. The molecule has 130 valence electrons. The van der Waals surface area contributed by atoms with E-state index in [-0.39, 0.29) is 29.9 Å². The summed E-state index contributed by atoms with van der Waals surface area (Å²) in [6, 6.07) is 8.17. The zero-order chi connectivity index (χ0) is 17.7. The molecule has 1 aromatic carbocycles. The number of ether oxygens (including phenoxy) is 2. The van der Waals surface area contributed by atoms with Crippen LogP contribution >= 0.6 is 0 Å². The molecular weight excluding hydrogens is 309 g/mol. The van der Waals surface area contributed by atoms with Gasteiger partial charge in [0, 0.05) is 12.5 Å². The van der Waals surface area contributed by atoms with Crippen LogP contribution in [0.1, 0.15) is 45.1 Å². The summed E-state index contributed by atoms with van der Waals surface area (Å²) < 4.78 is 24.2. The third-order valence-electron chi connectivity index (χ3n) is 4.54. The van der Waals surface area contributed by atoms with Crippen LogP contribution in [0.5, 0.6) is 0 Å². The normalized spacial score (nSPS) is 22.2. The average Bonchev–Trinajstić information content (AvgIpc) is 2.52. The zero-order valence-electron chi connectivity index (χ0n) is 14.4. The first-order valence-corrected chi connectivity index (χ1v) is 8.33. The van der Waals surface area contributed by atoms with E-state index in [9.17, 15) is 14.4 Å². The van der Waals surface area contributed by atoms with Gasteiger partial charge in [0.1, 0.15) is 5.82 Å². The fourth-order valence-corrected chi connectivity index (χ4v) is 3.52. The van der Waals surface area contributed by atoms with Crippen LogP contribution in [-0.2, 0) is 14.3 Å². The molecular formula is C19H24FNO3. The van der Waals surface area contributed by atoms with Crippen molar-refractivity contribution in [3.63, 3.8) is 0 Å². The zero-order valence-corrected chi connectivity index (χ0v) is 14.4. The number of halogens is 1. The molecule has 1 aromatic rings. The smallest absolute Gasteiger partial charge is 0.323 e. The molecule has 0 unspecified atom stereocenters. The minimum Gasteiger partial charge on any atom is -0.465 e. The van der Waals surface area contributed by atoms with Gasteiger partial charge in [-0.3, -0.25) is 4.79 Å². The lowest BCUT2D eigenvalue weighted by Crippen LogP contribution is -2.39. The van der Waals surface area contributed by atoms with Crippen LogP contribution in [0.2, 0.25) is 0 Å². The first-order chi connectivity index (χ1) is 11.4. The van der Waals surface area contributed by atoms with Crippen LogP contribution in [0, 0.1) is 29.0 Å². The molecule has 24 heavy (non-hydrogen) atoms. The minimum atomic E-state index is -0.908. The number of rotatable bonds is 5. The molecule has 0 spiro atoms. The Morgan fingerprint density at radius 2 is 2.12 bits per heavy atom. The second kappa shape index (κ2) is 7.76. The molecule has 5 heteroatoms. The van der Waals surface area contributed by atoms with Gasteiger partial charge in [0.15, 0.2) is 5.92 Å². The second-order valence-corrected chi connectivity index (χ2v) is 6.80. The summed E-state index contributed by atoms with van der Waals surface area (Å²) in [5.41, 5.74) is 0.481.